The predicted molar refractivity (Wildman–Crippen MR) is 85.5 cm³/mol. The summed E-state index contributed by atoms with van der Waals surface area (Å²) in [6.07, 6.45) is 5.27. The van der Waals surface area contributed by atoms with Gasteiger partial charge in [0.15, 0.2) is 0 Å². The summed E-state index contributed by atoms with van der Waals surface area (Å²) in [6, 6.07) is 9.50. The van der Waals surface area contributed by atoms with Crippen molar-refractivity contribution in [3.8, 4) is 0 Å². The molecule has 0 radical (unpaired) electrons. The van der Waals surface area contributed by atoms with Crippen LogP contribution in [0, 0.1) is 0 Å². The van der Waals surface area contributed by atoms with E-state index in [0.29, 0.717) is 6.04 Å². The maximum Gasteiger partial charge on any atom is 0.0349 e. The quantitative estimate of drug-likeness (QED) is 0.796. The molecule has 3 heteroatoms. The molecule has 1 aromatic rings. The first kappa shape index (κ1) is 15.0. The lowest BCUT2D eigenvalue weighted by atomic mass is 9.98. The number of nitrogens with one attached hydrogen (secondary N) is 1. The van der Waals surface area contributed by atoms with Crippen molar-refractivity contribution in [2.24, 2.45) is 0 Å². The first-order valence-corrected chi connectivity index (χ1v) is 8.31. The fraction of sp³-hybridized carbons (Fsp3) is 0.625. The van der Waals surface area contributed by atoms with Crippen LogP contribution in [0.25, 0.3) is 0 Å². The molecule has 1 aliphatic rings. The van der Waals surface area contributed by atoms with Crippen LogP contribution < -0.4 is 5.32 Å². The van der Waals surface area contributed by atoms with Crippen molar-refractivity contribution in [2.45, 2.75) is 38.6 Å². The highest BCUT2D eigenvalue weighted by atomic mass is 79.9. The van der Waals surface area contributed by atoms with E-state index >= 15 is 0 Å². The third-order valence-electron chi connectivity index (χ3n) is 3.93. The molecule has 1 aliphatic heterocycles. The van der Waals surface area contributed by atoms with Crippen molar-refractivity contribution in [1.82, 2.24) is 10.2 Å². The number of hydrogen-bond donors (Lipinski definition) is 1. The topological polar surface area (TPSA) is 15.3 Å². The minimum atomic E-state index is 0.599. The van der Waals surface area contributed by atoms with Crippen LogP contribution in [0.2, 0.25) is 0 Å². The van der Waals surface area contributed by atoms with Crippen molar-refractivity contribution in [3.63, 3.8) is 0 Å². The van der Waals surface area contributed by atoms with Gasteiger partial charge < -0.3 is 5.32 Å². The molecule has 19 heavy (non-hydrogen) atoms. The van der Waals surface area contributed by atoms with Crippen LogP contribution in [-0.2, 0) is 0 Å². The summed E-state index contributed by atoms with van der Waals surface area (Å²) >= 11 is 3.53. The number of piperazine rings is 1. The second kappa shape index (κ2) is 8.03. The zero-order valence-electron chi connectivity index (χ0n) is 11.9. The Bertz CT molecular complexity index is 358. The summed E-state index contributed by atoms with van der Waals surface area (Å²) in [5.41, 5.74) is 1.47. The Morgan fingerprint density at radius 3 is 2.47 bits per heavy atom. The Morgan fingerprint density at radius 2 is 1.84 bits per heavy atom. The van der Waals surface area contributed by atoms with E-state index in [-0.39, 0.29) is 0 Å². The minimum absolute atomic E-state index is 0.599. The van der Waals surface area contributed by atoms with Crippen molar-refractivity contribution in [1.29, 1.82) is 0 Å². The average molecular weight is 325 g/mol. The lowest BCUT2D eigenvalue weighted by molar-refractivity contribution is 0.162. The average Bonchev–Trinajstić information content (AvgIpc) is 2.46. The summed E-state index contributed by atoms with van der Waals surface area (Å²) in [5, 5.41) is 3.45. The number of benzene rings is 1. The molecule has 0 amide bonds. The van der Waals surface area contributed by atoms with Crippen molar-refractivity contribution in [2.75, 3.05) is 26.2 Å². The molecule has 106 valence electrons. The smallest absolute Gasteiger partial charge is 0.0349 e. The fourth-order valence-corrected chi connectivity index (χ4v) is 3.09. The van der Waals surface area contributed by atoms with Gasteiger partial charge in [-0.15, -0.1) is 0 Å². The third-order valence-corrected chi connectivity index (χ3v) is 4.46. The fourth-order valence-electron chi connectivity index (χ4n) is 2.83. The number of unbranched alkanes of at least 4 members (excludes halogenated alkanes) is 2. The minimum Gasteiger partial charge on any atom is -0.314 e. The zero-order chi connectivity index (χ0) is 13.5. The molecule has 1 N–H and O–H groups in total. The molecule has 0 spiro atoms. The van der Waals surface area contributed by atoms with Gasteiger partial charge in [0.2, 0.25) is 0 Å². The summed E-state index contributed by atoms with van der Waals surface area (Å²) < 4.78 is 1.17. The van der Waals surface area contributed by atoms with E-state index in [1.54, 1.807) is 0 Å². The van der Waals surface area contributed by atoms with E-state index in [4.69, 9.17) is 0 Å². The van der Waals surface area contributed by atoms with Crippen LogP contribution in [0.4, 0.5) is 0 Å². The second-order valence-electron chi connectivity index (χ2n) is 5.35. The maximum atomic E-state index is 3.53. The molecule has 1 fully saturated rings. The third kappa shape index (κ3) is 4.59. The summed E-state index contributed by atoms with van der Waals surface area (Å²) in [4.78, 5) is 2.65. The molecule has 2 rings (SSSR count). The molecular formula is C16H25BrN2. The van der Waals surface area contributed by atoms with Crippen LogP contribution in [0.1, 0.15) is 44.2 Å². The molecule has 0 aliphatic carbocycles. The van der Waals surface area contributed by atoms with Gasteiger partial charge in [-0.1, -0.05) is 54.2 Å². The lowest BCUT2D eigenvalue weighted by Crippen LogP contribution is -2.45. The highest BCUT2D eigenvalue weighted by molar-refractivity contribution is 9.10. The van der Waals surface area contributed by atoms with Gasteiger partial charge in [-0.3, -0.25) is 4.90 Å². The Labute approximate surface area is 125 Å². The molecule has 0 bridgehead atoms. The first-order valence-electron chi connectivity index (χ1n) is 7.51. The Kier molecular flexibility index (Phi) is 6.35. The van der Waals surface area contributed by atoms with Gasteiger partial charge in [0.1, 0.15) is 0 Å². The molecule has 0 unspecified atom stereocenters. The number of nitrogens with zero attached hydrogens (tertiary/aromatic N) is 1. The van der Waals surface area contributed by atoms with Gasteiger partial charge in [-0.2, -0.15) is 0 Å². The van der Waals surface area contributed by atoms with Gasteiger partial charge in [0.05, 0.1) is 0 Å². The van der Waals surface area contributed by atoms with E-state index in [9.17, 15) is 0 Å². The Morgan fingerprint density at radius 1 is 1.16 bits per heavy atom. The standard InChI is InChI=1S/C16H25BrN2/c1-2-3-4-5-16(19-12-10-18-11-13-19)14-6-8-15(17)9-7-14/h6-9,16,18H,2-5,10-13H2,1H3/t16-/m0/s1. The van der Waals surface area contributed by atoms with Crippen molar-refractivity contribution in [3.05, 3.63) is 34.3 Å². The normalized spacial score (nSPS) is 18.4. The molecule has 1 atom stereocenters. The van der Waals surface area contributed by atoms with Gasteiger partial charge in [-0.05, 0) is 24.1 Å². The molecule has 1 aromatic carbocycles. The van der Waals surface area contributed by atoms with Crippen molar-refractivity contribution >= 4 is 15.9 Å². The zero-order valence-corrected chi connectivity index (χ0v) is 13.5. The van der Waals surface area contributed by atoms with Crippen LogP contribution in [-0.4, -0.2) is 31.1 Å². The molecule has 1 saturated heterocycles. The Balaban J connectivity index is 2.05. The predicted octanol–water partition coefficient (Wildman–Crippen LogP) is 3.98. The van der Waals surface area contributed by atoms with Crippen LogP contribution >= 0.6 is 15.9 Å². The maximum absolute atomic E-state index is 3.53. The molecule has 2 nitrogen and oxygen atoms in total. The largest absolute Gasteiger partial charge is 0.314 e. The second-order valence-corrected chi connectivity index (χ2v) is 6.26. The molecule has 1 heterocycles. The number of hydrogen-bond acceptors (Lipinski definition) is 2. The molecule has 0 aromatic heterocycles. The van der Waals surface area contributed by atoms with E-state index < -0.39 is 0 Å². The van der Waals surface area contributed by atoms with Gasteiger partial charge in [-0.25, -0.2) is 0 Å². The number of halogens is 1. The van der Waals surface area contributed by atoms with E-state index in [0.717, 1.165) is 13.1 Å². The van der Waals surface area contributed by atoms with Crippen LogP contribution in [0.3, 0.4) is 0 Å². The van der Waals surface area contributed by atoms with Gasteiger partial charge in [0.25, 0.3) is 0 Å². The highest BCUT2D eigenvalue weighted by Gasteiger charge is 2.21. The SMILES string of the molecule is CCCCC[C@@H](c1ccc(Br)cc1)N1CCNCC1. The van der Waals surface area contributed by atoms with E-state index in [2.05, 4.69) is 57.3 Å². The van der Waals surface area contributed by atoms with E-state index in [1.165, 1.54) is 48.8 Å². The van der Waals surface area contributed by atoms with Gasteiger partial charge in [0, 0.05) is 36.7 Å². The van der Waals surface area contributed by atoms with E-state index in [1.807, 2.05) is 0 Å². The molecular weight excluding hydrogens is 300 g/mol. The summed E-state index contributed by atoms with van der Waals surface area (Å²) in [7, 11) is 0. The number of rotatable bonds is 6. The Hall–Kier alpha value is -0.380. The summed E-state index contributed by atoms with van der Waals surface area (Å²) in [5.74, 6) is 0. The first-order chi connectivity index (χ1) is 9.31. The monoisotopic (exact) mass is 324 g/mol. The van der Waals surface area contributed by atoms with Crippen LogP contribution in [0.5, 0.6) is 0 Å². The lowest BCUT2D eigenvalue weighted by Gasteiger charge is -2.35. The van der Waals surface area contributed by atoms with Gasteiger partial charge >= 0.3 is 0 Å². The van der Waals surface area contributed by atoms with Crippen LogP contribution in [0.15, 0.2) is 28.7 Å². The summed E-state index contributed by atoms with van der Waals surface area (Å²) in [6.45, 7) is 6.88. The molecule has 0 saturated carbocycles. The van der Waals surface area contributed by atoms with Crippen molar-refractivity contribution < 1.29 is 0 Å². The highest BCUT2D eigenvalue weighted by Crippen LogP contribution is 2.28.